The molecule has 98 valence electrons. The summed E-state index contributed by atoms with van der Waals surface area (Å²) in [6, 6.07) is 6.79. The lowest BCUT2D eigenvalue weighted by molar-refractivity contribution is 0.0268. The van der Waals surface area contributed by atoms with Gasteiger partial charge < -0.3 is 10.0 Å². The summed E-state index contributed by atoms with van der Waals surface area (Å²) in [5.41, 5.74) is 0.611. The van der Waals surface area contributed by atoms with E-state index in [0.717, 1.165) is 25.7 Å². The van der Waals surface area contributed by atoms with Crippen LogP contribution in [0, 0.1) is 0 Å². The molecule has 0 radical (unpaired) electrons. The van der Waals surface area contributed by atoms with Crippen LogP contribution in [0.25, 0.3) is 0 Å². The third-order valence-corrected chi connectivity index (χ3v) is 3.85. The van der Waals surface area contributed by atoms with E-state index in [2.05, 4.69) is 0 Å². The molecule has 0 bridgehead atoms. The highest BCUT2D eigenvalue weighted by Gasteiger charge is 2.29. The number of hydrogen-bond acceptors (Lipinski definition) is 2. The SMILES string of the molecule is CN(C(=O)c1ccc(Cl)cc1)[C@@H]1CCCC[C@@H]1O. The molecule has 0 aromatic heterocycles. The minimum absolute atomic E-state index is 0.0578. The first kappa shape index (κ1) is 13.4. The Balaban J connectivity index is 2.10. The highest BCUT2D eigenvalue weighted by Crippen LogP contribution is 2.23. The molecule has 18 heavy (non-hydrogen) atoms. The van der Waals surface area contributed by atoms with Gasteiger partial charge >= 0.3 is 0 Å². The molecule has 1 N–H and O–H groups in total. The van der Waals surface area contributed by atoms with Crippen molar-refractivity contribution in [1.29, 1.82) is 0 Å². The number of hydrogen-bond donors (Lipinski definition) is 1. The molecule has 0 unspecified atom stereocenters. The number of benzene rings is 1. The maximum absolute atomic E-state index is 12.3. The minimum atomic E-state index is -0.403. The van der Waals surface area contributed by atoms with Crippen molar-refractivity contribution >= 4 is 17.5 Å². The molecule has 0 spiro atoms. The molecule has 4 heteroatoms. The third kappa shape index (κ3) is 2.85. The van der Waals surface area contributed by atoms with Crippen LogP contribution in [0.5, 0.6) is 0 Å². The van der Waals surface area contributed by atoms with Gasteiger partial charge in [-0.1, -0.05) is 24.4 Å². The summed E-state index contributed by atoms with van der Waals surface area (Å²) < 4.78 is 0. The van der Waals surface area contributed by atoms with E-state index in [-0.39, 0.29) is 11.9 Å². The van der Waals surface area contributed by atoms with Crippen molar-refractivity contribution in [3.63, 3.8) is 0 Å². The Morgan fingerprint density at radius 3 is 2.50 bits per heavy atom. The van der Waals surface area contributed by atoms with Gasteiger partial charge in [0.05, 0.1) is 12.1 Å². The van der Waals surface area contributed by atoms with Crippen LogP contribution >= 0.6 is 11.6 Å². The number of likely N-dealkylation sites (N-methyl/N-ethyl adjacent to an activating group) is 1. The van der Waals surface area contributed by atoms with E-state index in [1.54, 1.807) is 36.2 Å². The highest BCUT2D eigenvalue weighted by atomic mass is 35.5. The predicted octanol–water partition coefficient (Wildman–Crippen LogP) is 2.72. The Bertz CT molecular complexity index is 418. The van der Waals surface area contributed by atoms with Crippen LogP contribution in [0.15, 0.2) is 24.3 Å². The number of rotatable bonds is 2. The maximum Gasteiger partial charge on any atom is 0.253 e. The van der Waals surface area contributed by atoms with Gasteiger partial charge in [0, 0.05) is 17.6 Å². The molecule has 0 saturated heterocycles. The van der Waals surface area contributed by atoms with Crippen molar-refractivity contribution < 1.29 is 9.90 Å². The van der Waals surface area contributed by atoms with Crippen LogP contribution in [0.4, 0.5) is 0 Å². The molecule has 1 aromatic carbocycles. The Morgan fingerprint density at radius 2 is 1.89 bits per heavy atom. The van der Waals surface area contributed by atoms with E-state index in [9.17, 15) is 9.90 Å². The van der Waals surface area contributed by atoms with Crippen LogP contribution < -0.4 is 0 Å². The van der Waals surface area contributed by atoms with Crippen LogP contribution in [0.3, 0.4) is 0 Å². The summed E-state index contributed by atoms with van der Waals surface area (Å²) in [5.74, 6) is -0.0578. The average Bonchev–Trinajstić information content (AvgIpc) is 2.38. The van der Waals surface area contributed by atoms with Gasteiger partial charge in [-0.15, -0.1) is 0 Å². The topological polar surface area (TPSA) is 40.5 Å². The van der Waals surface area contributed by atoms with E-state index in [4.69, 9.17) is 11.6 Å². The molecule has 0 heterocycles. The second kappa shape index (κ2) is 5.72. The van der Waals surface area contributed by atoms with E-state index < -0.39 is 6.10 Å². The van der Waals surface area contributed by atoms with Crippen LogP contribution in [-0.4, -0.2) is 35.1 Å². The van der Waals surface area contributed by atoms with Gasteiger partial charge in [0.15, 0.2) is 0 Å². The number of aliphatic hydroxyl groups is 1. The summed E-state index contributed by atoms with van der Waals surface area (Å²) in [4.78, 5) is 13.9. The smallest absolute Gasteiger partial charge is 0.253 e. The monoisotopic (exact) mass is 267 g/mol. The summed E-state index contributed by atoms with van der Waals surface area (Å²) in [7, 11) is 1.76. The number of carbonyl (C=O) groups excluding carboxylic acids is 1. The molecule has 2 atom stereocenters. The largest absolute Gasteiger partial charge is 0.391 e. The first-order valence-corrected chi connectivity index (χ1v) is 6.68. The van der Waals surface area contributed by atoms with E-state index in [1.165, 1.54) is 0 Å². The van der Waals surface area contributed by atoms with Gasteiger partial charge in [0.1, 0.15) is 0 Å². The number of aliphatic hydroxyl groups excluding tert-OH is 1. The zero-order valence-corrected chi connectivity index (χ0v) is 11.2. The number of carbonyl (C=O) groups is 1. The van der Waals surface area contributed by atoms with Gasteiger partial charge in [-0.05, 0) is 37.1 Å². The normalized spacial score (nSPS) is 23.7. The molecule has 1 aliphatic rings. The molecule has 1 saturated carbocycles. The Hall–Kier alpha value is -1.06. The standard InChI is InChI=1S/C14H18ClNO2/c1-16(12-4-2-3-5-13(12)17)14(18)10-6-8-11(15)9-7-10/h6-9,12-13,17H,2-5H2,1H3/t12-,13+/m1/s1. The summed E-state index contributed by atoms with van der Waals surface area (Å²) in [5, 5.41) is 10.6. The van der Waals surface area contributed by atoms with Crippen LogP contribution in [0.2, 0.25) is 5.02 Å². The highest BCUT2D eigenvalue weighted by molar-refractivity contribution is 6.30. The van der Waals surface area contributed by atoms with Crippen molar-refractivity contribution in [2.75, 3.05) is 7.05 Å². The van der Waals surface area contributed by atoms with Crippen molar-refractivity contribution in [2.45, 2.75) is 37.8 Å². The molecule has 2 rings (SSSR count). The fourth-order valence-corrected chi connectivity index (χ4v) is 2.62. The van der Waals surface area contributed by atoms with Crippen molar-refractivity contribution in [1.82, 2.24) is 4.90 Å². The van der Waals surface area contributed by atoms with Crippen molar-refractivity contribution in [2.24, 2.45) is 0 Å². The zero-order chi connectivity index (χ0) is 13.1. The molecular formula is C14H18ClNO2. The van der Waals surface area contributed by atoms with E-state index in [0.29, 0.717) is 10.6 Å². The van der Waals surface area contributed by atoms with Gasteiger partial charge in [-0.2, -0.15) is 0 Å². The van der Waals surface area contributed by atoms with E-state index >= 15 is 0 Å². The maximum atomic E-state index is 12.3. The van der Waals surface area contributed by atoms with Crippen molar-refractivity contribution in [3.05, 3.63) is 34.9 Å². The fraction of sp³-hybridized carbons (Fsp3) is 0.500. The summed E-state index contributed by atoms with van der Waals surface area (Å²) in [6.45, 7) is 0. The van der Waals surface area contributed by atoms with Gasteiger partial charge in [0.2, 0.25) is 0 Å². The second-order valence-electron chi connectivity index (χ2n) is 4.84. The minimum Gasteiger partial charge on any atom is -0.391 e. The van der Waals surface area contributed by atoms with E-state index in [1.807, 2.05) is 0 Å². The molecule has 1 fully saturated rings. The lowest BCUT2D eigenvalue weighted by Crippen LogP contribution is -2.46. The molecule has 3 nitrogen and oxygen atoms in total. The predicted molar refractivity (Wildman–Crippen MR) is 71.8 cm³/mol. The van der Waals surface area contributed by atoms with Crippen molar-refractivity contribution in [3.8, 4) is 0 Å². The number of amides is 1. The summed E-state index contributed by atoms with van der Waals surface area (Å²) in [6.07, 6.45) is 3.36. The first-order chi connectivity index (χ1) is 8.59. The Morgan fingerprint density at radius 1 is 1.28 bits per heavy atom. The van der Waals surface area contributed by atoms with Crippen LogP contribution in [-0.2, 0) is 0 Å². The average molecular weight is 268 g/mol. The molecule has 1 amide bonds. The lowest BCUT2D eigenvalue weighted by atomic mass is 9.91. The molecule has 1 aliphatic carbocycles. The zero-order valence-electron chi connectivity index (χ0n) is 10.5. The third-order valence-electron chi connectivity index (χ3n) is 3.60. The molecule has 1 aromatic rings. The quantitative estimate of drug-likeness (QED) is 0.895. The van der Waals surface area contributed by atoms with Gasteiger partial charge in [-0.3, -0.25) is 4.79 Å². The van der Waals surface area contributed by atoms with Crippen LogP contribution in [0.1, 0.15) is 36.0 Å². The second-order valence-corrected chi connectivity index (χ2v) is 5.28. The lowest BCUT2D eigenvalue weighted by Gasteiger charge is -2.35. The summed E-state index contributed by atoms with van der Waals surface area (Å²) >= 11 is 5.80. The number of nitrogens with zero attached hydrogens (tertiary/aromatic N) is 1. The number of halogens is 1. The Kier molecular flexibility index (Phi) is 4.25. The van der Waals surface area contributed by atoms with Gasteiger partial charge in [-0.25, -0.2) is 0 Å². The first-order valence-electron chi connectivity index (χ1n) is 6.30. The fourth-order valence-electron chi connectivity index (χ4n) is 2.49. The molecular weight excluding hydrogens is 250 g/mol. The Labute approximate surface area is 112 Å². The van der Waals surface area contributed by atoms with Gasteiger partial charge in [0.25, 0.3) is 5.91 Å². The molecule has 0 aliphatic heterocycles.